The normalized spacial score (nSPS) is 11.0. The van der Waals surface area contributed by atoms with Gasteiger partial charge in [-0.15, -0.1) is 0 Å². The van der Waals surface area contributed by atoms with Crippen molar-refractivity contribution in [3.05, 3.63) is 60.8 Å². The first-order chi connectivity index (χ1) is 17.7. The second-order valence-electron chi connectivity index (χ2n) is 8.19. The van der Waals surface area contributed by atoms with Crippen molar-refractivity contribution in [2.24, 2.45) is 5.73 Å². The van der Waals surface area contributed by atoms with Crippen LogP contribution in [0.5, 0.6) is 0 Å². The molecule has 0 aliphatic carbocycles. The molecule has 10 heteroatoms. The summed E-state index contributed by atoms with van der Waals surface area (Å²) in [5.74, 6) is -0.940. The highest BCUT2D eigenvalue weighted by Crippen LogP contribution is 2.25. The lowest BCUT2D eigenvalue weighted by atomic mass is 10.2. The number of amides is 2. The van der Waals surface area contributed by atoms with Crippen LogP contribution in [-0.4, -0.2) is 61.8 Å². The molecule has 2 aromatic rings. The van der Waals surface area contributed by atoms with Crippen molar-refractivity contribution in [2.45, 2.75) is 33.2 Å². The first-order valence-electron chi connectivity index (χ1n) is 12.3. The zero-order valence-corrected chi connectivity index (χ0v) is 22.3. The largest absolute Gasteiger partial charge is 0.399 e. The molecule has 0 aliphatic heterocycles. The standard InChI is InChI=1S/C14H23N3O.C13H18N4O2/c1-3-17(4-2)11-5-10-16-14(18)12-6-8-13(15)9-7-12;1-4-16-10-6-5-9(7-11(10)15-3)17-13(19)12(14)8(2)18/h6-9H,3-5,10-11,15H2,1-2H3,(H,16,18);4-7,12,15-16H,1,14H2,2-3H3,(H,17,19). The van der Waals surface area contributed by atoms with Crippen molar-refractivity contribution in [3.8, 4) is 0 Å². The minimum atomic E-state index is -1.15. The Bertz CT molecular complexity index is 1020. The summed E-state index contributed by atoms with van der Waals surface area (Å²) >= 11 is 0. The number of anilines is 4. The highest BCUT2D eigenvalue weighted by molar-refractivity contribution is 6.10. The minimum absolute atomic E-state index is 0.0328. The van der Waals surface area contributed by atoms with Crippen molar-refractivity contribution in [1.82, 2.24) is 10.2 Å². The number of nitrogens with zero attached hydrogens (tertiary/aromatic N) is 1. The number of nitrogen functional groups attached to an aromatic ring is 1. The van der Waals surface area contributed by atoms with E-state index in [0.717, 1.165) is 37.4 Å². The third-order valence-electron chi connectivity index (χ3n) is 5.54. The van der Waals surface area contributed by atoms with Crippen LogP contribution in [0.3, 0.4) is 0 Å². The molecule has 2 amide bonds. The summed E-state index contributed by atoms with van der Waals surface area (Å²) in [5.41, 5.74) is 14.5. The monoisotopic (exact) mass is 511 g/mol. The van der Waals surface area contributed by atoms with Crippen LogP contribution in [0.2, 0.25) is 0 Å². The highest BCUT2D eigenvalue weighted by Gasteiger charge is 2.18. The van der Waals surface area contributed by atoms with Gasteiger partial charge in [0.2, 0.25) is 5.91 Å². The van der Waals surface area contributed by atoms with Crippen LogP contribution in [-0.2, 0) is 9.59 Å². The summed E-state index contributed by atoms with van der Waals surface area (Å²) in [7, 11) is 1.76. The SMILES string of the molecule is C=CNc1ccc(NC(=O)C(N)C(C)=O)cc1NC.CCN(CC)CCCNC(=O)c1ccc(N)cc1. The van der Waals surface area contributed by atoms with Gasteiger partial charge in [0.15, 0.2) is 5.78 Å². The predicted molar refractivity (Wildman–Crippen MR) is 153 cm³/mol. The van der Waals surface area contributed by atoms with E-state index in [9.17, 15) is 14.4 Å². The average Bonchev–Trinajstić information content (AvgIpc) is 2.89. The maximum Gasteiger partial charge on any atom is 0.251 e. The number of nitrogens with one attached hydrogen (secondary N) is 4. The molecule has 10 nitrogen and oxygen atoms in total. The molecule has 0 saturated heterocycles. The Morgan fingerprint density at radius 1 is 1.05 bits per heavy atom. The number of hydrogen-bond donors (Lipinski definition) is 6. The number of carbonyl (C=O) groups excluding carboxylic acids is 3. The summed E-state index contributed by atoms with van der Waals surface area (Å²) in [6.45, 7) is 13.0. The van der Waals surface area contributed by atoms with E-state index in [2.05, 4.69) is 46.6 Å². The molecule has 0 heterocycles. The topological polar surface area (TPSA) is 155 Å². The molecule has 0 saturated carbocycles. The van der Waals surface area contributed by atoms with Crippen LogP contribution in [0.25, 0.3) is 0 Å². The van der Waals surface area contributed by atoms with Crippen LogP contribution in [0.15, 0.2) is 55.2 Å². The van der Waals surface area contributed by atoms with E-state index in [4.69, 9.17) is 11.5 Å². The Hall–Kier alpha value is -3.89. The lowest BCUT2D eigenvalue weighted by Gasteiger charge is -2.17. The van der Waals surface area contributed by atoms with E-state index < -0.39 is 11.9 Å². The second-order valence-corrected chi connectivity index (χ2v) is 8.19. The first kappa shape index (κ1) is 31.1. The van der Waals surface area contributed by atoms with E-state index >= 15 is 0 Å². The molecule has 202 valence electrons. The predicted octanol–water partition coefficient (Wildman–Crippen LogP) is 2.87. The van der Waals surface area contributed by atoms with Gasteiger partial charge in [0.1, 0.15) is 6.04 Å². The molecule has 0 aliphatic rings. The van der Waals surface area contributed by atoms with Crippen molar-refractivity contribution in [1.29, 1.82) is 0 Å². The molecule has 8 N–H and O–H groups in total. The fourth-order valence-corrected chi connectivity index (χ4v) is 3.25. The Morgan fingerprint density at radius 3 is 2.24 bits per heavy atom. The van der Waals surface area contributed by atoms with Gasteiger partial charge < -0.3 is 37.6 Å². The van der Waals surface area contributed by atoms with Gasteiger partial charge in [0.25, 0.3) is 5.91 Å². The molecular formula is C27H41N7O3. The first-order valence-corrected chi connectivity index (χ1v) is 12.3. The molecule has 0 spiro atoms. The van der Waals surface area contributed by atoms with Gasteiger partial charge in [0.05, 0.1) is 11.4 Å². The van der Waals surface area contributed by atoms with Gasteiger partial charge in [-0.25, -0.2) is 0 Å². The summed E-state index contributed by atoms with van der Waals surface area (Å²) in [5, 5.41) is 11.4. The number of carbonyl (C=O) groups is 3. The van der Waals surface area contributed by atoms with E-state index in [1.807, 2.05) is 0 Å². The van der Waals surface area contributed by atoms with Crippen molar-refractivity contribution in [3.63, 3.8) is 0 Å². The van der Waals surface area contributed by atoms with Crippen LogP contribution in [0.1, 0.15) is 37.6 Å². The zero-order chi connectivity index (χ0) is 27.8. The van der Waals surface area contributed by atoms with Gasteiger partial charge in [-0.2, -0.15) is 0 Å². The quantitative estimate of drug-likeness (QED) is 0.136. The molecule has 37 heavy (non-hydrogen) atoms. The number of nitrogens with two attached hydrogens (primary N) is 2. The molecule has 1 unspecified atom stereocenters. The van der Waals surface area contributed by atoms with Crippen LogP contribution in [0.4, 0.5) is 22.7 Å². The Labute approximate surface area is 219 Å². The maximum absolute atomic E-state index is 11.8. The summed E-state index contributed by atoms with van der Waals surface area (Å²) in [6, 6.07) is 11.0. The third kappa shape index (κ3) is 11.1. The van der Waals surface area contributed by atoms with Crippen molar-refractivity contribution < 1.29 is 14.4 Å². The average molecular weight is 512 g/mol. The maximum atomic E-state index is 11.8. The van der Waals surface area contributed by atoms with E-state index in [1.165, 1.54) is 6.92 Å². The van der Waals surface area contributed by atoms with Gasteiger partial charge in [-0.1, -0.05) is 20.4 Å². The van der Waals surface area contributed by atoms with Gasteiger partial charge >= 0.3 is 0 Å². The summed E-state index contributed by atoms with van der Waals surface area (Å²) < 4.78 is 0. The van der Waals surface area contributed by atoms with Crippen molar-refractivity contribution >= 4 is 40.3 Å². The number of ketones is 1. The lowest BCUT2D eigenvalue weighted by molar-refractivity contribution is -0.126. The fourth-order valence-electron chi connectivity index (χ4n) is 3.25. The Balaban J connectivity index is 0.000000371. The molecule has 1 atom stereocenters. The molecule has 2 aromatic carbocycles. The van der Waals surface area contributed by atoms with Crippen LogP contribution in [0, 0.1) is 0 Å². The van der Waals surface area contributed by atoms with Gasteiger partial charge in [0, 0.05) is 30.5 Å². The molecule has 0 bridgehead atoms. The highest BCUT2D eigenvalue weighted by atomic mass is 16.2. The third-order valence-corrected chi connectivity index (χ3v) is 5.54. The molecular weight excluding hydrogens is 470 g/mol. The number of hydrogen-bond acceptors (Lipinski definition) is 8. The Kier molecular flexibility index (Phi) is 14.1. The second kappa shape index (κ2) is 16.7. The van der Waals surface area contributed by atoms with E-state index in [-0.39, 0.29) is 11.7 Å². The molecule has 0 fully saturated rings. The number of Topliss-reactive ketones (excluding diaryl/α,β-unsaturated/α-hetero) is 1. The van der Waals surface area contributed by atoms with Crippen LogP contribution >= 0.6 is 0 Å². The zero-order valence-electron chi connectivity index (χ0n) is 22.3. The van der Waals surface area contributed by atoms with Gasteiger partial charge in [-0.3, -0.25) is 14.4 Å². The lowest BCUT2D eigenvalue weighted by Crippen LogP contribution is -2.41. The van der Waals surface area contributed by atoms with Crippen LogP contribution < -0.4 is 32.7 Å². The molecule has 2 rings (SSSR count). The van der Waals surface area contributed by atoms with Gasteiger partial charge in [-0.05, 0) is 81.6 Å². The fraction of sp³-hybridized carbons (Fsp3) is 0.370. The minimum Gasteiger partial charge on any atom is -0.399 e. The van der Waals surface area contributed by atoms with Crippen molar-refractivity contribution in [2.75, 3.05) is 54.9 Å². The molecule has 0 radical (unpaired) electrons. The smallest absolute Gasteiger partial charge is 0.251 e. The van der Waals surface area contributed by atoms with E-state index in [1.54, 1.807) is 55.7 Å². The number of benzene rings is 2. The number of rotatable bonds is 13. The summed E-state index contributed by atoms with van der Waals surface area (Å²) in [6.07, 6.45) is 2.53. The Morgan fingerprint density at radius 2 is 1.70 bits per heavy atom. The van der Waals surface area contributed by atoms with E-state index in [0.29, 0.717) is 23.5 Å². The molecule has 0 aromatic heterocycles. The summed E-state index contributed by atoms with van der Waals surface area (Å²) in [4.78, 5) is 36.8.